The van der Waals surface area contributed by atoms with E-state index < -0.39 is 17.3 Å². The largest absolute Gasteiger partial charge is 0.495 e. The lowest BCUT2D eigenvalue weighted by atomic mass is 9.99. The lowest BCUT2D eigenvalue weighted by Gasteiger charge is -2.29. The maximum atomic E-state index is 12.1. The molecule has 0 aliphatic heterocycles. The second kappa shape index (κ2) is 9.01. The van der Waals surface area contributed by atoms with Crippen molar-refractivity contribution in [3.63, 3.8) is 0 Å². The Bertz CT molecular complexity index is 1120. The van der Waals surface area contributed by atoms with E-state index in [2.05, 4.69) is 0 Å². The maximum absolute atomic E-state index is 12.1. The molecular weight excluding hydrogens is 404 g/mol. The van der Waals surface area contributed by atoms with Gasteiger partial charge < -0.3 is 28.2 Å². The average Bonchev–Trinajstić information content (AvgIpc) is 3.14. The highest BCUT2D eigenvalue weighted by Gasteiger charge is 2.31. The molecule has 8 nitrogen and oxygen atoms in total. The second-order valence-electron chi connectivity index (χ2n) is 8.39. The highest BCUT2D eigenvalue weighted by atomic mass is 16.6. The van der Waals surface area contributed by atoms with Crippen LogP contribution in [-0.2, 0) is 9.53 Å². The number of fused-ring (bicyclic) bond motifs is 2. The van der Waals surface area contributed by atoms with E-state index in [4.69, 9.17) is 23.0 Å². The first-order chi connectivity index (χ1) is 14.6. The predicted molar refractivity (Wildman–Crippen MR) is 115 cm³/mol. The van der Waals surface area contributed by atoms with E-state index in [-0.39, 0.29) is 42.7 Å². The third-order valence-corrected chi connectivity index (χ3v) is 4.87. The lowest BCUT2D eigenvalue weighted by molar-refractivity contribution is -0.164. The van der Waals surface area contributed by atoms with Crippen molar-refractivity contribution in [2.24, 2.45) is 5.92 Å². The molecule has 0 bridgehead atoms. The minimum atomic E-state index is -1.26. The number of esters is 1. The number of aliphatic hydroxyl groups is 1. The van der Waals surface area contributed by atoms with Crippen LogP contribution in [0.5, 0.6) is 11.5 Å². The summed E-state index contributed by atoms with van der Waals surface area (Å²) in [4.78, 5) is 24.0. The summed E-state index contributed by atoms with van der Waals surface area (Å²) in [6.07, 6.45) is 1.20. The molecule has 31 heavy (non-hydrogen) atoms. The smallest absolute Gasteiger partial charge is 0.336 e. The molecule has 168 valence electrons. The van der Waals surface area contributed by atoms with Gasteiger partial charge in [-0.2, -0.15) is 0 Å². The van der Waals surface area contributed by atoms with Crippen molar-refractivity contribution < 1.29 is 32.9 Å². The summed E-state index contributed by atoms with van der Waals surface area (Å²) in [7, 11) is 1.52. The van der Waals surface area contributed by atoms with Crippen LogP contribution in [0.1, 0.15) is 40.5 Å². The molecular formula is C23H28O8. The summed E-state index contributed by atoms with van der Waals surface area (Å²) in [5.41, 5.74) is -1.23. The van der Waals surface area contributed by atoms with Crippen molar-refractivity contribution >= 4 is 27.9 Å². The Hall–Kier alpha value is -3.00. The zero-order chi connectivity index (χ0) is 22.8. The quantitative estimate of drug-likeness (QED) is 0.399. The Labute approximate surface area is 179 Å². The first-order valence-electron chi connectivity index (χ1n) is 10.2. The monoisotopic (exact) mass is 432 g/mol. The second-order valence-corrected chi connectivity index (χ2v) is 8.39. The molecule has 0 amide bonds. The van der Waals surface area contributed by atoms with E-state index >= 15 is 0 Å². The van der Waals surface area contributed by atoms with E-state index in [1.165, 1.54) is 19.4 Å². The van der Waals surface area contributed by atoms with Gasteiger partial charge in [0.1, 0.15) is 11.9 Å². The first kappa shape index (κ1) is 22.7. The van der Waals surface area contributed by atoms with Gasteiger partial charge in [0.05, 0.1) is 36.4 Å². The van der Waals surface area contributed by atoms with Crippen molar-refractivity contribution in [2.75, 3.05) is 13.7 Å². The number of furan rings is 1. The fourth-order valence-corrected chi connectivity index (χ4v) is 3.39. The number of rotatable bonds is 9. The summed E-state index contributed by atoms with van der Waals surface area (Å²) in [6.45, 7) is 7.07. The SMILES string of the molecule is COc1c2ccoc2c(OCCC(OC(=O)CC(C)C)C(C)(C)O)c2oc(=O)ccc12. The molecule has 3 rings (SSSR count). The van der Waals surface area contributed by atoms with Crippen LogP contribution in [0.3, 0.4) is 0 Å². The van der Waals surface area contributed by atoms with E-state index in [0.29, 0.717) is 22.1 Å². The lowest BCUT2D eigenvalue weighted by Crippen LogP contribution is -2.40. The van der Waals surface area contributed by atoms with Crippen LogP contribution in [0.15, 0.2) is 38.1 Å². The van der Waals surface area contributed by atoms with Gasteiger partial charge >= 0.3 is 11.6 Å². The molecule has 1 aromatic carbocycles. The number of carbonyl (C=O) groups is 1. The molecule has 2 heterocycles. The zero-order valence-electron chi connectivity index (χ0n) is 18.4. The summed E-state index contributed by atoms with van der Waals surface area (Å²) in [5.74, 6) is 0.520. The van der Waals surface area contributed by atoms with E-state index in [1.807, 2.05) is 13.8 Å². The molecule has 0 aliphatic rings. The van der Waals surface area contributed by atoms with Gasteiger partial charge in [0, 0.05) is 18.9 Å². The van der Waals surface area contributed by atoms with Gasteiger partial charge in [-0.25, -0.2) is 4.79 Å². The van der Waals surface area contributed by atoms with E-state index in [1.54, 1.807) is 26.0 Å². The third-order valence-electron chi connectivity index (χ3n) is 4.87. The van der Waals surface area contributed by atoms with Crippen molar-refractivity contribution in [2.45, 2.75) is 52.2 Å². The highest BCUT2D eigenvalue weighted by molar-refractivity contribution is 6.06. The number of benzene rings is 1. The van der Waals surface area contributed by atoms with Crippen LogP contribution in [0.25, 0.3) is 21.9 Å². The molecule has 3 aromatic rings. The fraction of sp³-hybridized carbons (Fsp3) is 0.478. The van der Waals surface area contributed by atoms with Crippen molar-refractivity contribution in [1.29, 1.82) is 0 Å². The molecule has 0 saturated carbocycles. The average molecular weight is 432 g/mol. The molecule has 1 unspecified atom stereocenters. The Morgan fingerprint density at radius 2 is 1.84 bits per heavy atom. The van der Waals surface area contributed by atoms with Crippen LogP contribution in [0.4, 0.5) is 0 Å². The van der Waals surface area contributed by atoms with Crippen molar-refractivity contribution in [3.8, 4) is 11.5 Å². The Morgan fingerprint density at radius 1 is 1.13 bits per heavy atom. The molecule has 0 aliphatic carbocycles. The van der Waals surface area contributed by atoms with Gasteiger partial charge in [0.15, 0.2) is 11.2 Å². The molecule has 8 heteroatoms. The van der Waals surface area contributed by atoms with Crippen LogP contribution in [0.2, 0.25) is 0 Å². The van der Waals surface area contributed by atoms with Crippen LogP contribution in [-0.4, -0.2) is 36.5 Å². The van der Waals surface area contributed by atoms with Gasteiger partial charge in [0.25, 0.3) is 0 Å². The summed E-state index contributed by atoms with van der Waals surface area (Å²) in [6, 6.07) is 4.64. The van der Waals surface area contributed by atoms with Gasteiger partial charge in [-0.1, -0.05) is 13.8 Å². The minimum absolute atomic E-state index is 0.0828. The normalized spacial score (nSPS) is 13.0. The molecule has 2 aromatic heterocycles. The number of methoxy groups -OCH3 is 1. The Balaban J connectivity index is 1.88. The Morgan fingerprint density at radius 3 is 2.48 bits per heavy atom. The van der Waals surface area contributed by atoms with Gasteiger partial charge in [-0.3, -0.25) is 4.79 Å². The maximum Gasteiger partial charge on any atom is 0.336 e. The van der Waals surface area contributed by atoms with Crippen LogP contribution in [0, 0.1) is 5.92 Å². The van der Waals surface area contributed by atoms with E-state index in [0.717, 1.165) is 0 Å². The molecule has 0 saturated heterocycles. The molecule has 0 fully saturated rings. The van der Waals surface area contributed by atoms with Gasteiger partial charge in [-0.05, 0) is 31.9 Å². The van der Waals surface area contributed by atoms with E-state index in [9.17, 15) is 14.7 Å². The van der Waals surface area contributed by atoms with Crippen LogP contribution < -0.4 is 15.1 Å². The number of carbonyl (C=O) groups excluding carboxylic acids is 1. The van der Waals surface area contributed by atoms with Gasteiger partial charge in [-0.15, -0.1) is 0 Å². The summed E-state index contributed by atoms with van der Waals surface area (Å²) in [5, 5.41) is 11.7. The van der Waals surface area contributed by atoms with Gasteiger partial charge in [0.2, 0.25) is 5.75 Å². The summed E-state index contributed by atoms with van der Waals surface area (Å²) < 4.78 is 27.9. The standard InChI is InChI=1S/C23H28O8/c1-13(2)12-18(25)30-16(23(3,4)26)9-11-29-22-20-15(8-10-28-20)19(27-5)14-6-7-17(24)31-21(14)22/h6-8,10,13,16,26H,9,11-12H2,1-5H3. The predicted octanol–water partition coefficient (Wildman–Crippen LogP) is 4.05. The third kappa shape index (κ3) is 5.02. The van der Waals surface area contributed by atoms with Crippen LogP contribution >= 0.6 is 0 Å². The summed E-state index contributed by atoms with van der Waals surface area (Å²) >= 11 is 0. The zero-order valence-corrected chi connectivity index (χ0v) is 18.4. The highest BCUT2D eigenvalue weighted by Crippen LogP contribution is 2.42. The van der Waals surface area contributed by atoms with Crippen molar-refractivity contribution in [3.05, 3.63) is 34.9 Å². The fourth-order valence-electron chi connectivity index (χ4n) is 3.39. The Kier molecular flexibility index (Phi) is 6.59. The molecule has 1 atom stereocenters. The topological polar surface area (TPSA) is 108 Å². The minimum Gasteiger partial charge on any atom is -0.495 e. The van der Waals surface area contributed by atoms with Crippen molar-refractivity contribution in [1.82, 2.24) is 0 Å². The number of hydrogen-bond donors (Lipinski definition) is 1. The molecule has 1 N–H and O–H groups in total. The molecule has 0 radical (unpaired) electrons. The number of hydrogen-bond acceptors (Lipinski definition) is 8. The number of ether oxygens (including phenoxy) is 3. The first-order valence-corrected chi connectivity index (χ1v) is 10.2. The molecule has 0 spiro atoms.